The van der Waals surface area contributed by atoms with Gasteiger partial charge in [0, 0.05) is 0 Å². The summed E-state index contributed by atoms with van der Waals surface area (Å²) in [5.74, 6) is 0.963. The number of hydrogen-bond acceptors (Lipinski definition) is 1. The molecule has 0 amide bonds. The summed E-state index contributed by atoms with van der Waals surface area (Å²) in [6.07, 6.45) is 7.81. The van der Waals surface area contributed by atoms with Crippen LogP contribution in [0.5, 0.6) is 5.75 Å². The van der Waals surface area contributed by atoms with E-state index < -0.39 is 0 Å². The third-order valence-corrected chi connectivity index (χ3v) is 3.01. The first-order valence-corrected chi connectivity index (χ1v) is 6.13. The fourth-order valence-corrected chi connectivity index (χ4v) is 1.90. The van der Waals surface area contributed by atoms with E-state index in [-0.39, 0.29) is 0 Å². The minimum atomic E-state index is 0.391. The first kappa shape index (κ1) is 12.8. The van der Waals surface area contributed by atoms with Crippen molar-refractivity contribution in [3.8, 4) is 5.75 Å². The lowest BCUT2D eigenvalue weighted by Gasteiger charge is -2.14. The molecule has 0 aromatic heterocycles. The van der Waals surface area contributed by atoms with Crippen LogP contribution in [0.4, 0.5) is 0 Å². The van der Waals surface area contributed by atoms with E-state index in [4.69, 9.17) is 0 Å². The average molecular weight is 218 g/mol. The van der Waals surface area contributed by atoms with Crippen molar-refractivity contribution in [1.82, 2.24) is 0 Å². The zero-order valence-electron chi connectivity index (χ0n) is 10.5. The molecule has 1 nitrogen and oxygen atoms in total. The predicted octanol–water partition coefficient (Wildman–Crippen LogP) is 4.55. The standard InChI is InChI=1S/C15H22O/c1-4-6-7-8-13(5-2)14-9-10-15(16)12(3)11-14/h6-7,9-11,13,16H,4-5,8H2,1-3H3/b7-6-. The SMILES string of the molecule is CC/C=C\CC(CC)c1ccc(O)c(C)c1. The molecule has 0 fully saturated rings. The third kappa shape index (κ3) is 3.41. The van der Waals surface area contributed by atoms with Crippen LogP contribution in [-0.4, -0.2) is 5.11 Å². The van der Waals surface area contributed by atoms with Crippen LogP contribution in [0.2, 0.25) is 0 Å². The fourth-order valence-electron chi connectivity index (χ4n) is 1.90. The van der Waals surface area contributed by atoms with Gasteiger partial charge in [-0.05, 0) is 49.3 Å². The first-order valence-electron chi connectivity index (χ1n) is 6.13. The lowest BCUT2D eigenvalue weighted by molar-refractivity contribution is 0.470. The number of allylic oxidation sites excluding steroid dienone is 2. The summed E-state index contributed by atoms with van der Waals surface area (Å²) in [6.45, 7) is 6.32. The Morgan fingerprint density at radius 3 is 2.56 bits per heavy atom. The molecule has 0 radical (unpaired) electrons. The molecule has 1 N–H and O–H groups in total. The van der Waals surface area contributed by atoms with E-state index in [1.54, 1.807) is 6.07 Å². The molecule has 0 aliphatic rings. The van der Waals surface area contributed by atoms with Crippen LogP contribution >= 0.6 is 0 Å². The van der Waals surface area contributed by atoms with Crippen LogP contribution in [0.1, 0.15) is 50.2 Å². The van der Waals surface area contributed by atoms with Crippen LogP contribution < -0.4 is 0 Å². The molecule has 0 saturated heterocycles. The average Bonchev–Trinajstić information content (AvgIpc) is 2.29. The molecule has 0 aliphatic heterocycles. The van der Waals surface area contributed by atoms with Gasteiger partial charge >= 0.3 is 0 Å². The predicted molar refractivity (Wildman–Crippen MR) is 69.9 cm³/mol. The van der Waals surface area contributed by atoms with Crippen LogP contribution in [0.3, 0.4) is 0 Å². The van der Waals surface area contributed by atoms with Gasteiger partial charge in [-0.25, -0.2) is 0 Å². The molecule has 1 heteroatoms. The molecule has 16 heavy (non-hydrogen) atoms. The highest BCUT2D eigenvalue weighted by molar-refractivity contribution is 5.36. The maximum absolute atomic E-state index is 9.50. The molecule has 1 aromatic carbocycles. The van der Waals surface area contributed by atoms with E-state index in [2.05, 4.69) is 32.1 Å². The molecule has 1 rings (SSSR count). The van der Waals surface area contributed by atoms with Crippen LogP contribution in [0.25, 0.3) is 0 Å². The first-order chi connectivity index (χ1) is 7.69. The minimum absolute atomic E-state index is 0.391. The second kappa shape index (κ2) is 6.37. The van der Waals surface area contributed by atoms with E-state index >= 15 is 0 Å². The van der Waals surface area contributed by atoms with E-state index in [0.717, 1.165) is 24.8 Å². The lowest BCUT2D eigenvalue weighted by atomic mass is 9.92. The number of rotatable bonds is 5. The van der Waals surface area contributed by atoms with Gasteiger partial charge in [-0.15, -0.1) is 0 Å². The summed E-state index contributed by atoms with van der Waals surface area (Å²) in [6, 6.07) is 5.94. The molecule has 0 bridgehead atoms. The largest absolute Gasteiger partial charge is 0.508 e. The Bertz CT molecular complexity index is 352. The van der Waals surface area contributed by atoms with E-state index in [9.17, 15) is 5.11 Å². The Hall–Kier alpha value is -1.24. The maximum atomic E-state index is 9.50. The highest BCUT2D eigenvalue weighted by Crippen LogP contribution is 2.27. The summed E-state index contributed by atoms with van der Waals surface area (Å²) in [4.78, 5) is 0. The molecule has 1 atom stereocenters. The van der Waals surface area contributed by atoms with E-state index in [0.29, 0.717) is 11.7 Å². The van der Waals surface area contributed by atoms with Gasteiger partial charge < -0.3 is 5.11 Å². The zero-order chi connectivity index (χ0) is 12.0. The summed E-state index contributed by atoms with van der Waals surface area (Å²) in [7, 11) is 0. The molecule has 1 aromatic rings. The molecule has 0 aliphatic carbocycles. The van der Waals surface area contributed by atoms with Crippen LogP contribution in [-0.2, 0) is 0 Å². The van der Waals surface area contributed by atoms with Crippen molar-refractivity contribution < 1.29 is 5.11 Å². The number of hydrogen-bond donors (Lipinski definition) is 1. The Kier molecular flexibility index (Phi) is 5.10. The number of aryl methyl sites for hydroxylation is 1. The highest BCUT2D eigenvalue weighted by atomic mass is 16.3. The quantitative estimate of drug-likeness (QED) is 0.719. The summed E-state index contributed by atoms with van der Waals surface area (Å²) in [5.41, 5.74) is 2.30. The Morgan fingerprint density at radius 2 is 2.00 bits per heavy atom. The van der Waals surface area contributed by atoms with Gasteiger partial charge in [-0.1, -0.05) is 38.1 Å². The number of phenols is 1. The second-order valence-electron chi connectivity index (χ2n) is 4.27. The second-order valence-corrected chi connectivity index (χ2v) is 4.27. The summed E-state index contributed by atoms with van der Waals surface area (Å²) < 4.78 is 0. The minimum Gasteiger partial charge on any atom is -0.508 e. The molecule has 0 spiro atoms. The topological polar surface area (TPSA) is 20.2 Å². The molecule has 0 saturated carbocycles. The van der Waals surface area contributed by atoms with Crippen LogP contribution in [0.15, 0.2) is 30.4 Å². The van der Waals surface area contributed by atoms with E-state index in [1.165, 1.54) is 5.56 Å². The number of benzene rings is 1. The van der Waals surface area contributed by atoms with Crippen molar-refractivity contribution in [1.29, 1.82) is 0 Å². The van der Waals surface area contributed by atoms with E-state index in [1.807, 2.05) is 13.0 Å². The molecule has 1 unspecified atom stereocenters. The van der Waals surface area contributed by atoms with Crippen molar-refractivity contribution in [3.05, 3.63) is 41.5 Å². The van der Waals surface area contributed by atoms with Crippen molar-refractivity contribution in [2.75, 3.05) is 0 Å². The van der Waals surface area contributed by atoms with Crippen molar-refractivity contribution >= 4 is 0 Å². The van der Waals surface area contributed by atoms with Crippen molar-refractivity contribution in [2.45, 2.75) is 46.0 Å². The number of aromatic hydroxyl groups is 1. The Morgan fingerprint density at radius 1 is 1.25 bits per heavy atom. The van der Waals surface area contributed by atoms with Gasteiger partial charge in [0.05, 0.1) is 0 Å². The molecular weight excluding hydrogens is 196 g/mol. The molecular formula is C15H22O. The Balaban J connectivity index is 2.78. The monoisotopic (exact) mass is 218 g/mol. The lowest BCUT2D eigenvalue weighted by Crippen LogP contribution is -1.96. The highest BCUT2D eigenvalue weighted by Gasteiger charge is 2.08. The van der Waals surface area contributed by atoms with Crippen LogP contribution in [0, 0.1) is 6.92 Å². The summed E-state index contributed by atoms with van der Waals surface area (Å²) >= 11 is 0. The van der Waals surface area contributed by atoms with Crippen molar-refractivity contribution in [3.63, 3.8) is 0 Å². The third-order valence-electron chi connectivity index (χ3n) is 3.01. The molecule has 88 valence electrons. The van der Waals surface area contributed by atoms with Gasteiger partial charge in [0.25, 0.3) is 0 Å². The zero-order valence-corrected chi connectivity index (χ0v) is 10.5. The normalized spacial score (nSPS) is 13.2. The van der Waals surface area contributed by atoms with Gasteiger partial charge in [-0.3, -0.25) is 0 Å². The number of phenolic OH excluding ortho intramolecular Hbond substituents is 1. The van der Waals surface area contributed by atoms with Gasteiger partial charge in [-0.2, -0.15) is 0 Å². The Labute approximate surface area is 98.8 Å². The smallest absolute Gasteiger partial charge is 0.118 e. The summed E-state index contributed by atoms with van der Waals surface area (Å²) in [5, 5.41) is 9.50. The van der Waals surface area contributed by atoms with Gasteiger partial charge in [0.2, 0.25) is 0 Å². The van der Waals surface area contributed by atoms with Gasteiger partial charge in [0.1, 0.15) is 5.75 Å². The van der Waals surface area contributed by atoms with Gasteiger partial charge in [0.15, 0.2) is 0 Å². The fraction of sp³-hybridized carbons (Fsp3) is 0.467. The van der Waals surface area contributed by atoms with Crippen molar-refractivity contribution in [2.24, 2.45) is 0 Å². The molecule has 0 heterocycles. The maximum Gasteiger partial charge on any atom is 0.118 e.